The molecule has 2 heterocycles. The van der Waals surface area contributed by atoms with Crippen LogP contribution in [0.25, 0.3) is 0 Å². The van der Waals surface area contributed by atoms with E-state index >= 15 is 0 Å². The molecule has 0 saturated carbocycles. The number of ketones is 1. The second-order valence-electron chi connectivity index (χ2n) is 3.61. The van der Waals surface area contributed by atoms with Gasteiger partial charge in [-0.2, -0.15) is 0 Å². The van der Waals surface area contributed by atoms with Gasteiger partial charge in [-0.05, 0) is 25.9 Å². The molecule has 0 aliphatic carbocycles. The van der Waals surface area contributed by atoms with Gasteiger partial charge in [0.2, 0.25) is 0 Å². The van der Waals surface area contributed by atoms with Gasteiger partial charge in [-0.25, -0.2) is 4.98 Å². The molecule has 1 fully saturated rings. The van der Waals surface area contributed by atoms with Gasteiger partial charge in [0.05, 0.1) is 11.1 Å². The summed E-state index contributed by atoms with van der Waals surface area (Å²) >= 11 is 1.33. The van der Waals surface area contributed by atoms with Crippen LogP contribution < -0.4 is 10.1 Å². The van der Waals surface area contributed by atoms with E-state index in [1.54, 1.807) is 13.1 Å². The summed E-state index contributed by atoms with van der Waals surface area (Å²) in [5, 5.41) is 3.89. The lowest BCUT2D eigenvalue weighted by Crippen LogP contribution is -2.34. The van der Waals surface area contributed by atoms with E-state index in [1.807, 2.05) is 0 Å². The van der Waals surface area contributed by atoms with Gasteiger partial charge in [0.25, 0.3) is 5.19 Å². The summed E-state index contributed by atoms with van der Waals surface area (Å²) in [7, 11) is 0. The number of hydrogen-bond donors (Lipinski definition) is 1. The summed E-state index contributed by atoms with van der Waals surface area (Å²) in [5.41, 5.74) is 0. The molecule has 15 heavy (non-hydrogen) atoms. The third kappa shape index (κ3) is 2.76. The van der Waals surface area contributed by atoms with Crippen molar-refractivity contribution < 1.29 is 9.53 Å². The number of rotatable bonds is 3. The molecule has 1 N–H and O–H groups in total. The Bertz CT molecular complexity index is 345. The number of piperidine rings is 1. The van der Waals surface area contributed by atoms with E-state index < -0.39 is 0 Å². The Morgan fingerprint density at radius 2 is 2.33 bits per heavy atom. The molecule has 1 aliphatic heterocycles. The molecule has 5 heteroatoms. The van der Waals surface area contributed by atoms with Gasteiger partial charge in [-0.1, -0.05) is 11.3 Å². The molecular formula is C10H14N2O2S. The molecule has 1 aromatic heterocycles. The third-order valence-electron chi connectivity index (χ3n) is 2.39. The van der Waals surface area contributed by atoms with Crippen LogP contribution in [0, 0.1) is 0 Å². The van der Waals surface area contributed by atoms with Crippen molar-refractivity contribution in [3.8, 4) is 5.19 Å². The number of thiazole rings is 1. The van der Waals surface area contributed by atoms with Crippen LogP contribution >= 0.6 is 11.3 Å². The number of carbonyl (C=O) groups is 1. The summed E-state index contributed by atoms with van der Waals surface area (Å²) in [6.45, 7) is 3.53. The monoisotopic (exact) mass is 226 g/mol. The summed E-state index contributed by atoms with van der Waals surface area (Å²) in [6, 6.07) is 0. The van der Waals surface area contributed by atoms with Crippen LogP contribution in [0.1, 0.15) is 29.4 Å². The Kier molecular flexibility index (Phi) is 3.33. The van der Waals surface area contributed by atoms with Crippen molar-refractivity contribution in [2.75, 3.05) is 13.1 Å². The Morgan fingerprint density at radius 3 is 2.93 bits per heavy atom. The Balaban J connectivity index is 1.94. The van der Waals surface area contributed by atoms with E-state index in [0.717, 1.165) is 25.9 Å². The predicted molar refractivity (Wildman–Crippen MR) is 58.6 cm³/mol. The highest BCUT2D eigenvalue weighted by Gasteiger charge is 2.16. The summed E-state index contributed by atoms with van der Waals surface area (Å²) < 4.78 is 5.70. The molecule has 82 valence electrons. The number of hydrogen-bond acceptors (Lipinski definition) is 5. The minimum atomic E-state index is 0.0488. The van der Waals surface area contributed by atoms with E-state index in [1.165, 1.54) is 11.3 Å². The molecule has 1 aliphatic rings. The molecule has 0 unspecified atom stereocenters. The highest BCUT2D eigenvalue weighted by Crippen LogP contribution is 2.23. The van der Waals surface area contributed by atoms with Crippen molar-refractivity contribution in [2.24, 2.45) is 0 Å². The van der Waals surface area contributed by atoms with E-state index in [9.17, 15) is 4.79 Å². The van der Waals surface area contributed by atoms with Gasteiger partial charge in [0.1, 0.15) is 6.10 Å². The van der Waals surface area contributed by atoms with Crippen molar-refractivity contribution in [3.05, 3.63) is 11.1 Å². The van der Waals surface area contributed by atoms with E-state index in [0.29, 0.717) is 10.1 Å². The second-order valence-corrected chi connectivity index (χ2v) is 4.61. The maximum Gasteiger partial charge on any atom is 0.274 e. The minimum Gasteiger partial charge on any atom is -0.467 e. The van der Waals surface area contributed by atoms with Gasteiger partial charge in [0.15, 0.2) is 5.78 Å². The maximum atomic E-state index is 11.1. The fourth-order valence-corrected chi connectivity index (χ4v) is 2.26. The van der Waals surface area contributed by atoms with Crippen molar-refractivity contribution in [1.29, 1.82) is 0 Å². The van der Waals surface area contributed by atoms with Crippen molar-refractivity contribution in [2.45, 2.75) is 25.9 Å². The van der Waals surface area contributed by atoms with Crippen LogP contribution in [0.4, 0.5) is 0 Å². The fraction of sp³-hybridized carbons (Fsp3) is 0.600. The summed E-state index contributed by atoms with van der Waals surface area (Å²) in [4.78, 5) is 15.8. The van der Waals surface area contributed by atoms with E-state index in [2.05, 4.69) is 10.3 Å². The first kappa shape index (κ1) is 10.6. The zero-order chi connectivity index (χ0) is 10.7. The lowest BCUT2D eigenvalue weighted by Gasteiger charge is -2.22. The number of ether oxygens (including phenoxy) is 1. The minimum absolute atomic E-state index is 0.0488. The Morgan fingerprint density at radius 1 is 1.60 bits per heavy atom. The molecule has 0 atom stereocenters. The standard InChI is InChI=1S/C10H14N2O2S/c1-7(13)9-6-12-10(15-9)14-8-2-4-11-5-3-8/h6,8,11H,2-5H2,1H3. The lowest BCUT2D eigenvalue weighted by atomic mass is 10.1. The summed E-state index contributed by atoms with van der Waals surface area (Å²) in [6.07, 6.45) is 3.85. The number of Topliss-reactive ketones (excluding diaryl/α,β-unsaturated/α-hetero) is 1. The zero-order valence-corrected chi connectivity index (χ0v) is 9.47. The van der Waals surface area contributed by atoms with Gasteiger partial charge in [-0.3, -0.25) is 4.79 Å². The van der Waals surface area contributed by atoms with Gasteiger partial charge >= 0.3 is 0 Å². The van der Waals surface area contributed by atoms with Crippen molar-refractivity contribution in [1.82, 2.24) is 10.3 Å². The van der Waals surface area contributed by atoms with Gasteiger partial charge in [0, 0.05) is 6.92 Å². The SMILES string of the molecule is CC(=O)c1cnc(OC2CCNCC2)s1. The fourth-order valence-electron chi connectivity index (χ4n) is 1.53. The van der Waals surface area contributed by atoms with Crippen LogP contribution in [-0.4, -0.2) is 30.0 Å². The Labute approximate surface area is 92.7 Å². The first-order valence-corrected chi connectivity index (χ1v) is 5.91. The van der Waals surface area contributed by atoms with Crippen molar-refractivity contribution >= 4 is 17.1 Å². The highest BCUT2D eigenvalue weighted by atomic mass is 32.1. The molecule has 4 nitrogen and oxygen atoms in total. The molecule has 1 aromatic rings. The molecule has 0 radical (unpaired) electrons. The molecule has 0 aromatic carbocycles. The molecule has 0 amide bonds. The number of carbonyl (C=O) groups excluding carboxylic acids is 1. The average molecular weight is 226 g/mol. The van der Waals surface area contributed by atoms with Crippen LogP contribution in [0.15, 0.2) is 6.20 Å². The van der Waals surface area contributed by atoms with E-state index in [-0.39, 0.29) is 11.9 Å². The molecular weight excluding hydrogens is 212 g/mol. The van der Waals surface area contributed by atoms with Crippen LogP contribution in [-0.2, 0) is 0 Å². The first-order valence-electron chi connectivity index (χ1n) is 5.10. The number of nitrogens with one attached hydrogen (secondary N) is 1. The number of aromatic nitrogens is 1. The topological polar surface area (TPSA) is 51.2 Å². The third-order valence-corrected chi connectivity index (χ3v) is 3.37. The van der Waals surface area contributed by atoms with Gasteiger partial charge < -0.3 is 10.1 Å². The van der Waals surface area contributed by atoms with Crippen LogP contribution in [0.5, 0.6) is 5.19 Å². The predicted octanol–water partition coefficient (Wildman–Crippen LogP) is 1.48. The second kappa shape index (κ2) is 4.72. The molecule has 2 rings (SSSR count). The zero-order valence-electron chi connectivity index (χ0n) is 8.66. The highest BCUT2D eigenvalue weighted by molar-refractivity contribution is 7.15. The molecule has 0 spiro atoms. The normalized spacial score (nSPS) is 17.7. The maximum absolute atomic E-state index is 11.1. The van der Waals surface area contributed by atoms with Crippen LogP contribution in [0.2, 0.25) is 0 Å². The average Bonchev–Trinajstić information content (AvgIpc) is 2.68. The van der Waals surface area contributed by atoms with Crippen LogP contribution in [0.3, 0.4) is 0 Å². The first-order chi connectivity index (χ1) is 7.25. The lowest BCUT2D eigenvalue weighted by molar-refractivity contribution is 0.102. The van der Waals surface area contributed by atoms with E-state index in [4.69, 9.17) is 4.74 Å². The smallest absolute Gasteiger partial charge is 0.274 e. The Hall–Kier alpha value is -0.940. The molecule has 1 saturated heterocycles. The molecule has 0 bridgehead atoms. The largest absolute Gasteiger partial charge is 0.467 e. The van der Waals surface area contributed by atoms with Gasteiger partial charge in [-0.15, -0.1) is 0 Å². The summed E-state index contributed by atoms with van der Waals surface area (Å²) in [5.74, 6) is 0.0488. The van der Waals surface area contributed by atoms with Crippen molar-refractivity contribution in [3.63, 3.8) is 0 Å². The quantitative estimate of drug-likeness (QED) is 0.793. The number of nitrogens with zero attached hydrogens (tertiary/aromatic N) is 1.